The number of ether oxygens (including phenoxy) is 1. The zero-order chi connectivity index (χ0) is 31.7. The van der Waals surface area contributed by atoms with Gasteiger partial charge in [0.15, 0.2) is 0 Å². The fourth-order valence-electron chi connectivity index (χ4n) is 5.26. The van der Waals surface area contributed by atoms with Gasteiger partial charge in [0.05, 0.1) is 36.4 Å². The van der Waals surface area contributed by atoms with Crippen LogP contribution in [-0.2, 0) is 21.5 Å². The highest BCUT2D eigenvalue weighted by atomic mass is 19.4. The van der Waals surface area contributed by atoms with Crippen LogP contribution in [0.3, 0.4) is 0 Å². The molecule has 2 atom stereocenters. The van der Waals surface area contributed by atoms with Gasteiger partial charge in [-0.1, -0.05) is 30.3 Å². The fourth-order valence-corrected chi connectivity index (χ4v) is 5.26. The maximum absolute atomic E-state index is 13.8. The van der Waals surface area contributed by atoms with E-state index in [1.165, 1.54) is 0 Å². The van der Waals surface area contributed by atoms with E-state index < -0.39 is 30.2 Å². The number of benzene rings is 1. The molecule has 10 nitrogen and oxygen atoms in total. The molecule has 0 aliphatic carbocycles. The Morgan fingerprint density at radius 1 is 1.16 bits per heavy atom. The minimum Gasteiger partial charge on any atom is -0.495 e. The summed E-state index contributed by atoms with van der Waals surface area (Å²) in [6, 6.07) is 12.7. The minimum absolute atomic E-state index is 0.128. The molecule has 3 N–H and O–H groups in total. The van der Waals surface area contributed by atoms with Crippen molar-refractivity contribution in [3.8, 4) is 11.4 Å². The molecule has 1 aliphatic heterocycles. The zero-order valence-electron chi connectivity index (χ0n) is 25.2. The molecule has 1 fully saturated rings. The van der Waals surface area contributed by atoms with E-state index >= 15 is 0 Å². The van der Waals surface area contributed by atoms with Gasteiger partial charge in [-0.2, -0.15) is 18.3 Å². The second-order valence-corrected chi connectivity index (χ2v) is 11.5. The van der Waals surface area contributed by atoms with Crippen LogP contribution in [0.25, 0.3) is 5.69 Å². The van der Waals surface area contributed by atoms with Crippen LogP contribution in [0.1, 0.15) is 37.9 Å². The standard InChI is InChI=1S/C31H40F3N7O3/c1-30(2,27-11-14-41(39-27)24-17-25(44-3)19-36-18-24)38-28(42)23(16-22-8-5-4-6-9-22)10-7-13-40-15-12-35-20-26(40)29(43)37-21-31(32,33)34/h4-6,8-9,11,14,17-19,23,26,35H,7,10,12-13,15-16,20-21H2,1-3H3,(H,37,43)(H,38,42). The highest BCUT2D eigenvalue weighted by Crippen LogP contribution is 2.24. The van der Waals surface area contributed by atoms with Gasteiger partial charge in [-0.3, -0.25) is 19.5 Å². The second kappa shape index (κ2) is 14.7. The molecule has 0 radical (unpaired) electrons. The molecule has 0 spiro atoms. The number of pyridine rings is 1. The smallest absolute Gasteiger partial charge is 0.405 e. The summed E-state index contributed by atoms with van der Waals surface area (Å²) in [5.74, 6) is -0.554. The molecule has 0 bridgehead atoms. The number of aromatic nitrogens is 3. The molecule has 1 aromatic carbocycles. The van der Waals surface area contributed by atoms with Crippen LogP contribution < -0.4 is 20.7 Å². The van der Waals surface area contributed by atoms with Crippen molar-refractivity contribution < 1.29 is 27.5 Å². The van der Waals surface area contributed by atoms with Gasteiger partial charge in [0.1, 0.15) is 18.3 Å². The molecule has 13 heteroatoms. The summed E-state index contributed by atoms with van der Waals surface area (Å²) >= 11 is 0. The van der Waals surface area contributed by atoms with Gasteiger partial charge in [0.2, 0.25) is 11.8 Å². The summed E-state index contributed by atoms with van der Waals surface area (Å²) in [7, 11) is 1.57. The molecular weight excluding hydrogens is 575 g/mol. The first kappa shape index (κ1) is 32.9. The Morgan fingerprint density at radius 3 is 2.66 bits per heavy atom. The van der Waals surface area contributed by atoms with Crippen LogP contribution >= 0.6 is 0 Å². The maximum atomic E-state index is 13.8. The number of halogens is 3. The van der Waals surface area contributed by atoms with E-state index in [0.29, 0.717) is 50.3 Å². The summed E-state index contributed by atoms with van der Waals surface area (Å²) < 4.78 is 44.9. The molecule has 238 valence electrons. The number of hydrogen-bond donors (Lipinski definition) is 3. The van der Waals surface area contributed by atoms with Crippen molar-refractivity contribution in [2.75, 3.05) is 39.8 Å². The molecule has 2 aromatic heterocycles. The third-order valence-corrected chi connectivity index (χ3v) is 7.68. The number of alkyl halides is 3. The molecule has 2 unspecified atom stereocenters. The second-order valence-electron chi connectivity index (χ2n) is 11.5. The molecule has 1 saturated heterocycles. The Balaban J connectivity index is 1.42. The number of rotatable bonds is 13. The summed E-state index contributed by atoms with van der Waals surface area (Å²) in [5, 5.41) is 13.0. The maximum Gasteiger partial charge on any atom is 0.405 e. The van der Waals surface area contributed by atoms with Crippen molar-refractivity contribution in [2.45, 2.75) is 50.9 Å². The van der Waals surface area contributed by atoms with Gasteiger partial charge < -0.3 is 20.7 Å². The lowest BCUT2D eigenvalue weighted by atomic mass is 9.91. The van der Waals surface area contributed by atoms with Gasteiger partial charge in [0, 0.05) is 37.8 Å². The van der Waals surface area contributed by atoms with Crippen molar-refractivity contribution in [2.24, 2.45) is 5.92 Å². The van der Waals surface area contributed by atoms with Crippen LogP contribution in [0.15, 0.2) is 61.1 Å². The van der Waals surface area contributed by atoms with Crippen molar-refractivity contribution in [1.82, 2.24) is 35.6 Å². The lowest BCUT2D eigenvalue weighted by molar-refractivity contribution is -0.142. The Bertz CT molecular complexity index is 1380. The van der Waals surface area contributed by atoms with E-state index in [2.05, 4.69) is 20.7 Å². The number of nitrogens with one attached hydrogen (secondary N) is 3. The Hall–Kier alpha value is -3.97. The number of methoxy groups -OCH3 is 1. The molecule has 3 heterocycles. The minimum atomic E-state index is -4.47. The number of hydrogen-bond acceptors (Lipinski definition) is 7. The monoisotopic (exact) mass is 615 g/mol. The van der Waals surface area contributed by atoms with Gasteiger partial charge in [-0.15, -0.1) is 0 Å². The largest absolute Gasteiger partial charge is 0.495 e. The SMILES string of the molecule is COc1cncc(-n2ccc(C(C)(C)NC(=O)C(CCCN3CCNCC3C(=O)NCC(F)(F)F)Cc3ccccc3)n2)c1. The van der Waals surface area contributed by atoms with E-state index in [1.54, 1.807) is 30.4 Å². The van der Waals surface area contributed by atoms with Crippen LogP contribution in [0, 0.1) is 5.92 Å². The molecule has 2 amide bonds. The summed E-state index contributed by atoms with van der Waals surface area (Å²) in [5.41, 5.74) is 1.62. The lowest BCUT2D eigenvalue weighted by Gasteiger charge is -2.35. The molecule has 4 rings (SSSR count). The Morgan fingerprint density at radius 2 is 1.93 bits per heavy atom. The first-order chi connectivity index (χ1) is 20.9. The average molecular weight is 616 g/mol. The highest BCUT2D eigenvalue weighted by Gasteiger charge is 2.34. The van der Waals surface area contributed by atoms with Gasteiger partial charge >= 0.3 is 6.18 Å². The number of piperazine rings is 1. The third-order valence-electron chi connectivity index (χ3n) is 7.68. The summed E-state index contributed by atoms with van der Waals surface area (Å²) in [4.78, 5) is 32.4. The summed E-state index contributed by atoms with van der Waals surface area (Å²) in [6.45, 7) is 4.33. The quantitative estimate of drug-likeness (QED) is 0.271. The van der Waals surface area contributed by atoms with Crippen molar-refractivity contribution >= 4 is 11.8 Å². The van der Waals surface area contributed by atoms with Crippen LogP contribution in [0.4, 0.5) is 13.2 Å². The first-order valence-corrected chi connectivity index (χ1v) is 14.7. The molecule has 44 heavy (non-hydrogen) atoms. The summed E-state index contributed by atoms with van der Waals surface area (Å²) in [6.07, 6.45) is 2.24. The van der Waals surface area contributed by atoms with Crippen LogP contribution in [0.2, 0.25) is 0 Å². The van der Waals surface area contributed by atoms with Gasteiger partial charge in [0.25, 0.3) is 0 Å². The first-order valence-electron chi connectivity index (χ1n) is 14.7. The van der Waals surface area contributed by atoms with Crippen LogP contribution in [-0.4, -0.2) is 83.5 Å². The number of amides is 2. The molecule has 3 aromatic rings. The normalized spacial score (nSPS) is 16.7. The van der Waals surface area contributed by atoms with Crippen molar-refractivity contribution in [3.63, 3.8) is 0 Å². The number of nitrogens with zero attached hydrogens (tertiary/aromatic N) is 4. The Labute approximate surface area is 255 Å². The molecule has 1 aliphatic rings. The van der Waals surface area contributed by atoms with Gasteiger partial charge in [-0.05, 0) is 51.3 Å². The van der Waals surface area contributed by atoms with E-state index in [4.69, 9.17) is 4.74 Å². The Kier molecular flexibility index (Phi) is 11.0. The van der Waals surface area contributed by atoms with Crippen molar-refractivity contribution in [3.05, 3.63) is 72.3 Å². The van der Waals surface area contributed by atoms with E-state index in [1.807, 2.05) is 66.5 Å². The number of carbonyl (C=O) groups is 2. The molecule has 0 saturated carbocycles. The average Bonchev–Trinajstić information content (AvgIpc) is 3.51. The van der Waals surface area contributed by atoms with E-state index in [9.17, 15) is 22.8 Å². The van der Waals surface area contributed by atoms with E-state index in [0.717, 1.165) is 11.3 Å². The fraction of sp³-hybridized carbons (Fsp3) is 0.484. The third kappa shape index (κ3) is 9.26. The zero-order valence-corrected chi connectivity index (χ0v) is 25.2. The number of carbonyl (C=O) groups excluding carboxylic acids is 2. The van der Waals surface area contributed by atoms with E-state index in [-0.39, 0.29) is 18.4 Å². The predicted molar refractivity (Wildman–Crippen MR) is 159 cm³/mol. The van der Waals surface area contributed by atoms with Crippen LogP contribution in [0.5, 0.6) is 5.75 Å². The van der Waals surface area contributed by atoms with Crippen molar-refractivity contribution in [1.29, 1.82) is 0 Å². The highest BCUT2D eigenvalue weighted by molar-refractivity contribution is 5.82. The topological polar surface area (TPSA) is 113 Å². The van der Waals surface area contributed by atoms with Gasteiger partial charge in [-0.25, -0.2) is 4.68 Å². The lowest BCUT2D eigenvalue weighted by Crippen LogP contribution is -2.58. The predicted octanol–water partition coefficient (Wildman–Crippen LogP) is 3.22. The molecular formula is C31H40F3N7O3.